The van der Waals surface area contributed by atoms with Crippen LogP contribution in [0.2, 0.25) is 0 Å². The highest BCUT2D eigenvalue weighted by atomic mass is 32.1. The summed E-state index contributed by atoms with van der Waals surface area (Å²) in [5, 5.41) is 13.5. The Hall–Kier alpha value is -1.45. The molecule has 2 atom stereocenters. The van der Waals surface area contributed by atoms with Gasteiger partial charge in [-0.25, -0.2) is 4.98 Å². The lowest BCUT2D eigenvalue weighted by atomic mass is 9.88. The summed E-state index contributed by atoms with van der Waals surface area (Å²) in [5.41, 5.74) is 2.16. The number of thiazole rings is 1. The van der Waals surface area contributed by atoms with Gasteiger partial charge in [0.1, 0.15) is 0 Å². The molecule has 1 aliphatic carbocycles. The van der Waals surface area contributed by atoms with E-state index in [0.717, 1.165) is 35.5 Å². The van der Waals surface area contributed by atoms with E-state index in [1.807, 2.05) is 18.2 Å². The van der Waals surface area contributed by atoms with Gasteiger partial charge in [-0.05, 0) is 25.2 Å². The number of allylic oxidation sites excluding steroid dienone is 2. The van der Waals surface area contributed by atoms with Crippen LogP contribution < -0.4 is 0 Å². The average Bonchev–Trinajstić information content (AvgIpc) is 2.97. The minimum atomic E-state index is -0.269. The molecule has 1 heterocycles. The van der Waals surface area contributed by atoms with Crippen molar-refractivity contribution in [2.45, 2.75) is 31.8 Å². The number of nitrogens with zero attached hydrogens (tertiary/aromatic N) is 1. The summed E-state index contributed by atoms with van der Waals surface area (Å²) in [5.74, 6) is 0.393. The summed E-state index contributed by atoms with van der Waals surface area (Å²) in [7, 11) is 0. The zero-order chi connectivity index (χ0) is 13.8. The van der Waals surface area contributed by atoms with E-state index < -0.39 is 0 Å². The van der Waals surface area contributed by atoms with E-state index in [2.05, 4.69) is 34.6 Å². The van der Waals surface area contributed by atoms with Gasteiger partial charge in [0.05, 0.1) is 16.8 Å². The summed E-state index contributed by atoms with van der Waals surface area (Å²) in [4.78, 5) is 4.66. The molecule has 1 aliphatic rings. The summed E-state index contributed by atoms with van der Waals surface area (Å²) >= 11 is 1.65. The van der Waals surface area contributed by atoms with Crippen molar-refractivity contribution < 1.29 is 5.11 Å². The molecule has 1 N–H and O–H groups in total. The van der Waals surface area contributed by atoms with Gasteiger partial charge >= 0.3 is 0 Å². The third-order valence-corrected chi connectivity index (χ3v) is 4.73. The Morgan fingerprint density at radius 1 is 1.25 bits per heavy atom. The van der Waals surface area contributed by atoms with Gasteiger partial charge in [0, 0.05) is 17.4 Å². The van der Waals surface area contributed by atoms with Crippen molar-refractivity contribution in [3.63, 3.8) is 0 Å². The Bertz CT molecular complexity index is 576. The lowest BCUT2D eigenvalue weighted by molar-refractivity contribution is 0.102. The van der Waals surface area contributed by atoms with Crippen LogP contribution in [-0.2, 0) is 6.42 Å². The topological polar surface area (TPSA) is 33.1 Å². The van der Waals surface area contributed by atoms with Gasteiger partial charge in [-0.2, -0.15) is 0 Å². The van der Waals surface area contributed by atoms with E-state index in [0.29, 0.717) is 12.3 Å². The molecular weight excluding hydrogens is 266 g/mol. The largest absolute Gasteiger partial charge is 0.392 e. The van der Waals surface area contributed by atoms with Crippen molar-refractivity contribution in [2.24, 2.45) is 5.92 Å². The van der Waals surface area contributed by atoms with Crippen LogP contribution in [-0.4, -0.2) is 16.2 Å². The molecule has 3 heteroatoms. The molecule has 0 fully saturated rings. The number of hydrogen-bond donors (Lipinski definition) is 1. The minimum absolute atomic E-state index is 0.269. The second kappa shape index (κ2) is 6.33. The van der Waals surface area contributed by atoms with Crippen LogP contribution in [0.5, 0.6) is 0 Å². The number of aliphatic hydroxyl groups excluding tert-OH is 1. The average molecular weight is 285 g/mol. The van der Waals surface area contributed by atoms with Crippen molar-refractivity contribution in [1.82, 2.24) is 4.98 Å². The van der Waals surface area contributed by atoms with Crippen molar-refractivity contribution in [3.05, 3.63) is 52.9 Å². The van der Waals surface area contributed by atoms with Crippen LogP contribution in [0.1, 0.15) is 24.3 Å². The summed E-state index contributed by atoms with van der Waals surface area (Å²) < 4.78 is 0. The zero-order valence-electron chi connectivity index (χ0n) is 11.4. The molecule has 2 nitrogen and oxygen atoms in total. The Morgan fingerprint density at radius 2 is 2.10 bits per heavy atom. The molecule has 0 spiro atoms. The maximum atomic E-state index is 10.3. The van der Waals surface area contributed by atoms with E-state index in [-0.39, 0.29) is 6.10 Å². The number of aliphatic hydroxyl groups is 1. The molecule has 3 rings (SSSR count). The Balaban J connectivity index is 1.66. The Morgan fingerprint density at radius 3 is 2.85 bits per heavy atom. The number of hydrogen-bond acceptors (Lipinski definition) is 3. The summed E-state index contributed by atoms with van der Waals surface area (Å²) in [6.45, 7) is 0. The van der Waals surface area contributed by atoms with Gasteiger partial charge in [-0.1, -0.05) is 42.5 Å². The molecule has 0 aliphatic heterocycles. The van der Waals surface area contributed by atoms with Gasteiger partial charge in [0.2, 0.25) is 0 Å². The fraction of sp³-hybridized carbons (Fsp3) is 0.353. The van der Waals surface area contributed by atoms with E-state index in [1.54, 1.807) is 11.3 Å². The predicted octanol–water partition coefficient (Wildman–Crippen LogP) is 4.07. The van der Waals surface area contributed by atoms with Crippen LogP contribution in [0.3, 0.4) is 0 Å². The molecular formula is C17H19NOS. The molecule has 0 saturated heterocycles. The standard InChI is InChI=1S/C17H19NOS/c19-16(14-9-5-2-6-10-14)11-17-18-15(12-20-17)13-7-3-1-4-8-13/h1-5,7-8,12,14,16,19H,6,9-11H2. The van der Waals surface area contributed by atoms with Crippen molar-refractivity contribution >= 4 is 11.3 Å². The molecule has 1 aromatic carbocycles. The summed E-state index contributed by atoms with van der Waals surface area (Å²) in [6, 6.07) is 10.2. The molecule has 20 heavy (non-hydrogen) atoms. The molecule has 0 saturated carbocycles. The maximum Gasteiger partial charge on any atom is 0.0958 e. The van der Waals surface area contributed by atoms with Crippen LogP contribution in [0.15, 0.2) is 47.9 Å². The molecule has 2 aromatic rings. The molecule has 2 unspecified atom stereocenters. The predicted molar refractivity (Wildman–Crippen MR) is 83.7 cm³/mol. The van der Waals surface area contributed by atoms with Gasteiger partial charge in [-0.15, -0.1) is 11.3 Å². The maximum absolute atomic E-state index is 10.3. The van der Waals surface area contributed by atoms with Crippen molar-refractivity contribution in [2.75, 3.05) is 0 Å². The zero-order valence-corrected chi connectivity index (χ0v) is 12.2. The number of benzene rings is 1. The molecule has 0 bridgehead atoms. The van der Waals surface area contributed by atoms with Crippen LogP contribution in [0.4, 0.5) is 0 Å². The van der Waals surface area contributed by atoms with E-state index in [1.165, 1.54) is 0 Å². The molecule has 104 valence electrons. The van der Waals surface area contributed by atoms with Crippen molar-refractivity contribution in [1.29, 1.82) is 0 Å². The first kappa shape index (κ1) is 13.5. The highest BCUT2D eigenvalue weighted by Crippen LogP contribution is 2.27. The smallest absolute Gasteiger partial charge is 0.0958 e. The highest BCUT2D eigenvalue weighted by molar-refractivity contribution is 7.09. The first-order valence-corrected chi connectivity index (χ1v) is 8.04. The van der Waals surface area contributed by atoms with Crippen LogP contribution in [0, 0.1) is 5.92 Å². The molecule has 0 amide bonds. The van der Waals surface area contributed by atoms with E-state index in [9.17, 15) is 5.11 Å². The van der Waals surface area contributed by atoms with Gasteiger partial charge in [0.25, 0.3) is 0 Å². The first-order chi connectivity index (χ1) is 9.83. The van der Waals surface area contributed by atoms with Gasteiger partial charge < -0.3 is 5.11 Å². The first-order valence-electron chi connectivity index (χ1n) is 7.16. The van der Waals surface area contributed by atoms with Gasteiger partial charge in [-0.3, -0.25) is 0 Å². The van der Waals surface area contributed by atoms with Crippen LogP contribution in [0.25, 0.3) is 11.3 Å². The van der Waals surface area contributed by atoms with Crippen molar-refractivity contribution in [3.8, 4) is 11.3 Å². The second-order valence-electron chi connectivity index (χ2n) is 5.31. The normalized spacial score (nSPS) is 19.9. The lowest BCUT2D eigenvalue weighted by Crippen LogP contribution is -2.23. The second-order valence-corrected chi connectivity index (χ2v) is 6.25. The Kier molecular flexibility index (Phi) is 4.28. The fourth-order valence-electron chi connectivity index (χ4n) is 2.66. The SMILES string of the molecule is OC(Cc1nc(-c2ccccc2)cs1)C1CC=CCC1. The van der Waals surface area contributed by atoms with Crippen LogP contribution >= 0.6 is 11.3 Å². The monoisotopic (exact) mass is 285 g/mol. The lowest BCUT2D eigenvalue weighted by Gasteiger charge is -2.22. The summed E-state index contributed by atoms with van der Waals surface area (Å²) in [6.07, 6.45) is 7.99. The third kappa shape index (κ3) is 3.17. The Labute approximate surface area is 123 Å². The molecule has 1 aromatic heterocycles. The molecule has 0 radical (unpaired) electrons. The third-order valence-electron chi connectivity index (χ3n) is 3.86. The quantitative estimate of drug-likeness (QED) is 0.859. The van der Waals surface area contributed by atoms with E-state index in [4.69, 9.17) is 0 Å². The number of rotatable bonds is 4. The number of aromatic nitrogens is 1. The minimum Gasteiger partial charge on any atom is -0.392 e. The highest BCUT2D eigenvalue weighted by Gasteiger charge is 2.21. The fourth-order valence-corrected chi connectivity index (χ4v) is 3.51. The van der Waals surface area contributed by atoms with E-state index >= 15 is 0 Å². The van der Waals surface area contributed by atoms with Gasteiger partial charge in [0.15, 0.2) is 0 Å².